The molecule has 5 heteroatoms. The molecule has 0 aliphatic heterocycles. The van der Waals surface area contributed by atoms with Gasteiger partial charge in [0.25, 0.3) is 5.56 Å². The Balaban J connectivity index is 1.97. The van der Waals surface area contributed by atoms with Crippen molar-refractivity contribution < 1.29 is 5.11 Å². The van der Waals surface area contributed by atoms with E-state index in [1.54, 1.807) is 41.0 Å². The van der Waals surface area contributed by atoms with Gasteiger partial charge in [-0.1, -0.05) is 52.3 Å². The van der Waals surface area contributed by atoms with Crippen LogP contribution in [-0.2, 0) is 0 Å². The standard InChI is InChI=1S/C22H15BrN2O2/c23-16-11-12-19-18(14-16)22(27)25(17-7-2-1-3-8-17)21(24-19)13-10-15-6-4-5-9-20(15)26/h1-14,26H/b13-10+. The molecular weight excluding hydrogens is 404 g/mol. The molecule has 4 aromatic rings. The van der Waals surface area contributed by atoms with E-state index in [0.717, 1.165) is 10.2 Å². The van der Waals surface area contributed by atoms with Crippen molar-refractivity contribution in [3.63, 3.8) is 0 Å². The first kappa shape index (κ1) is 17.2. The Morgan fingerprint density at radius 1 is 0.926 bits per heavy atom. The highest BCUT2D eigenvalue weighted by Crippen LogP contribution is 2.21. The second kappa shape index (κ2) is 7.21. The Bertz CT molecular complexity index is 1210. The van der Waals surface area contributed by atoms with E-state index in [1.807, 2.05) is 48.5 Å². The highest BCUT2D eigenvalue weighted by molar-refractivity contribution is 9.10. The average Bonchev–Trinajstić information content (AvgIpc) is 2.69. The number of aromatic nitrogens is 2. The predicted octanol–water partition coefficient (Wildman–Crippen LogP) is 5.02. The highest BCUT2D eigenvalue weighted by atomic mass is 79.9. The SMILES string of the molecule is O=c1c2cc(Br)ccc2nc(/C=C/c2ccccc2O)n1-c1ccccc1. The van der Waals surface area contributed by atoms with Crippen molar-refractivity contribution in [1.82, 2.24) is 9.55 Å². The molecule has 0 radical (unpaired) electrons. The first-order valence-electron chi connectivity index (χ1n) is 8.37. The summed E-state index contributed by atoms with van der Waals surface area (Å²) in [5.74, 6) is 0.663. The molecule has 0 fully saturated rings. The summed E-state index contributed by atoms with van der Waals surface area (Å²) < 4.78 is 2.40. The summed E-state index contributed by atoms with van der Waals surface area (Å²) in [6, 6.07) is 21.9. The Morgan fingerprint density at radius 2 is 1.67 bits per heavy atom. The van der Waals surface area contributed by atoms with Crippen molar-refractivity contribution in [2.75, 3.05) is 0 Å². The van der Waals surface area contributed by atoms with E-state index in [1.165, 1.54) is 0 Å². The monoisotopic (exact) mass is 418 g/mol. The van der Waals surface area contributed by atoms with Crippen LogP contribution in [-0.4, -0.2) is 14.7 Å². The highest BCUT2D eigenvalue weighted by Gasteiger charge is 2.11. The third kappa shape index (κ3) is 3.41. The van der Waals surface area contributed by atoms with E-state index in [-0.39, 0.29) is 11.3 Å². The van der Waals surface area contributed by atoms with Crippen molar-refractivity contribution in [3.8, 4) is 11.4 Å². The number of fused-ring (bicyclic) bond motifs is 1. The number of aromatic hydroxyl groups is 1. The minimum Gasteiger partial charge on any atom is -0.507 e. The van der Waals surface area contributed by atoms with Crippen LogP contribution < -0.4 is 5.56 Å². The molecule has 1 N–H and O–H groups in total. The first-order valence-corrected chi connectivity index (χ1v) is 9.16. The molecule has 0 amide bonds. The quantitative estimate of drug-likeness (QED) is 0.507. The lowest BCUT2D eigenvalue weighted by Gasteiger charge is -2.11. The summed E-state index contributed by atoms with van der Waals surface area (Å²) in [4.78, 5) is 17.9. The molecule has 132 valence electrons. The zero-order valence-electron chi connectivity index (χ0n) is 14.2. The van der Waals surface area contributed by atoms with E-state index in [0.29, 0.717) is 22.3 Å². The van der Waals surface area contributed by atoms with Crippen molar-refractivity contribution in [2.24, 2.45) is 0 Å². The summed E-state index contributed by atoms with van der Waals surface area (Å²) in [6.45, 7) is 0. The molecule has 0 saturated carbocycles. The van der Waals surface area contributed by atoms with Gasteiger partial charge in [0.05, 0.1) is 16.6 Å². The molecular formula is C22H15BrN2O2. The van der Waals surface area contributed by atoms with E-state index in [9.17, 15) is 9.90 Å². The Hall–Kier alpha value is -3.18. The largest absolute Gasteiger partial charge is 0.507 e. The lowest BCUT2D eigenvalue weighted by Crippen LogP contribution is -2.22. The third-order valence-corrected chi connectivity index (χ3v) is 4.71. The number of benzene rings is 3. The van der Waals surface area contributed by atoms with E-state index in [4.69, 9.17) is 0 Å². The van der Waals surface area contributed by atoms with Gasteiger partial charge >= 0.3 is 0 Å². The van der Waals surface area contributed by atoms with Crippen LogP contribution in [0.2, 0.25) is 0 Å². The molecule has 0 aliphatic rings. The first-order chi connectivity index (χ1) is 13.1. The van der Waals surface area contributed by atoms with E-state index < -0.39 is 0 Å². The van der Waals surface area contributed by atoms with Gasteiger partial charge < -0.3 is 5.11 Å². The Kier molecular flexibility index (Phi) is 4.60. The smallest absolute Gasteiger partial charge is 0.266 e. The van der Waals surface area contributed by atoms with Gasteiger partial charge in [0.15, 0.2) is 0 Å². The van der Waals surface area contributed by atoms with Crippen LogP contribution in [0.4, 0.5) is 0 Å². The number of halogens is 1. The number of nitrogens with zero attached hydrogens (tertiary/aromatic N) is 2. The van der Waals surface area contributed by atoms with Gasteiger partial charge in [-0.15, -0.1) is 0 Å². The molecule has 0 aliphatic carbocycles. The molecule has 0 bridgehead atoms. The van der Waals surface area contributed by atoms with Gasteiger partial charge in [-0.25, -0.2) is 4.98 Å². The summed E-state index contributed by atoms with van der Waals surface area (Å²) in [5, 5.41) is 10.5. The summed E-state index contributed by atoms with van der Waals surface area (Å²) >= 11 is 3.42. The van der Waals surface area contributed by atoms with Crippen molar-refractivity contribution >= 4 is 39.0 Å². The van der Waals surface area contributed by atoms with Crippen LogP contribution >= 0.6 is 15.9 Å². The molecule has 0 atom stereocenters. The number of hydrogen-bond acceptors (Lipinski definition) is 3. The Labute approximate surface area is 164 Å². The lowest BCUT2D eigenvalue weighted by atomic mass is 10.2. The topological polar surface area (TPSA) is 55.1 Å². The maximum Gasteiger partial charge on any atom is 0.266 e. The zero-order valence-corrected chi connectivity index (χ0v) is 15.8. The Morgan fingerprint density at radius 3 is 2.44 bits per heavy atom. The predicted molar refractivity (Wildman–Crippen MR) is 112 cm³/mol. The number of hydrogen-bond donors (Lipinski definition) is 1. The van der Waals surface area contributed by atoms with Gasteiger partial charge in [0.2, 0.25) is 0 Å². The van der Waals surface area contributed by atoms with Crippen molar-refractivity contribution in [3.05, 3.63) is 99.0 Å². The fourth-order valence-corrected chi connectivity index (χ4v) is 3.27. The van der Waals surface area contributed by atoms with E-state index >= 15 is 0 Å². The van der Waals surface area contributed by atoms with Crippen molar-refractivity contribution in [2.45, 2.75) is 0 Å². The summed E-state index contributed by atoms with van der Waals surface area (Å²) in [6.07, 6.45) is 3.49. The molecule has 4 rings (SSSR count). The minimum absolute atomic E-state index is 0.149. The van der Waals surface area contributed by atoms with Crippen molar-refractivity contribution in [1.29, 1.82) is 0 Å². The second-order valence-corrected chi connectivity index (χ2v) is 6.92. The van der Waals surface area contributed by atoms with Gasteiger partial charge in [0.1, 0.15) is 11.6 Å². The minimum atomic E-state index is -0.149. The van der Waals surface area contributed by atoms with Crippen LogP contribution in [0.15, 0.2) is 82.1 Å². The average molecular weight is 419 g/mol. The zero-order chi connectivity index (χ0) is 18.8. The van der Waals surface area contributed by atoms with Crippen LogP contribution in [0, 0.1) is 0 Å². The maximum atomic E-state index is 13.2. The molecule has 0 spiro atoms. The van der Waals surface area contributed by atoms with Gasteiger partial charge in [-0.3, -0.25) is 9.36 Å². The lowest BCUT2D eigenvalue weighted by molar-refractivity contribution is 0.474. The van der Waals surface area contributed by atoms with Gasteiger partial charge in [-0.2, -0.15) is 0 Å². The maximum absolute atomic E-state index is 13.2. The fraction of sp³-hybridized carbons (Fsp3) is 0. The molecule has 1 aromatic heterocycles. The van der Waals surface area contributed by atoms with Gasteiger partial charge in [-0.05, 0) is 48.6 Å². The molecule has 1 heterocycles. The number of phenolic OH excluding ortho intramolecular Hbond substituents is 1. The summed E-state index contributed by atoms with van der Waals surface area (Å²) in [7, 11) is 0. The van der Waals surface area contributed by atoms with Crippen LogP contribution in [0.3, 0.4) is 0 Å². The molecule has 0 unspecified atom stereocenters. The van der Waals surface area contributed by atoms with Gasteiger partial charge in [0, 0.05) is 10.0 Å². The van der Waals surface area contributed by atoms with Crippen LogP contribution in [0.25, 0.3) is 28.7 Å². The molecule has 4 nitrogen and oxygen atoms in total. The fourth-order valence-electron chi connectivity index (χ4n) is 2.91. The number of phenols is 1. The number of rotatable bonds is 3. The molecule has 0 saturated heterocycles. The second-order valence-electron chi connectivity index (χ2n) is 6.00. The number of para-hydroxylation sites is 2. The van der Waals surface area contributed by atoms with Crippen LogP contribution in [0.1, 0.15) is 11.4 Å². The normalized spacial score (nSPS) is 11.3. The van der Waals surface area contributed by atoms with E-state index in [2.05, 4.69) is 20.9 Å². The molecule has 3 aromatic carbocycles. The van der Waals surface area contributed by atoms with Crippen LogP contribution in [0.5, 0.6) is 5.75 Å². The third-order valence-electron chi connectivity index (χ3n) is 4.22. The summed E-state index contributed by atoms with van der Waals surface area (Å²) in [5.41, 5.74) is 1.85. The molecule has 27 heavy (non-hydrogen) atoms.